The molecule has 180 valence electrons. The summed E-state index contributed by atoms with van der Waals surface area (Å²) < 4.78 is 25.6. The number of carbonyl (C=O) groups excluding carboxylic acids is 1. The molecule has 0 unspecified atom stereocenters. The summed E-state index contributed by atoms with van der Waals surface area (Å²) in [6.07, 6.45) is 2.64. The first-order chi connectivity index (χ1) is 15.9. The number of piperidine rings is 1. The number of aromatic nitrogens is 2. The van der Waals surface area contributed by atoms with Gasteiger partial charge in [0.05, 0.1) is 17.4 Å². The molecule has 9 nitrogen and oxygen atoms in total. The van der Waals surface area contributed by atoms with Crippen LogP contribution in [-0.2, 0) is 9.57 Å². The van der Waals surface area contributed by atoms with Crippen molar-refractivity contribution in [2.75, 3.05) is 30.3 Å². The Balaban J connectivity index is 1.57. The molecule has 2 aromatic rings. The van der Waals surface area contributed by atoms with E-state index in [9.17, 15) is 9.18 Å². The predicted molar refractivity (Wildman–Crippen MR) is 123 cm³/mol. The van der Waals surface area contributed by atoms with Gasteiger partial charge in [-0.15, -0.1) is 5.06 Å². The van der Waals surface area contributed by atoms with Gasteiger partial charge in [0.2, 0.25) is 5.88 Å². The molecule has 10 heteroatoms. The lowest BCUT2D eigenvalue weighted by Crippen LogP contribution is -2.40. The maximum atomic E-state index is 14.5. The molecule has 2 heterocycles. The fourth-order valence-corrected chi connectivity index (χ4v) is 3.32. The van der Waals surface area contributed by atoms with Gasteiger partial charge in [-0.1, -0.05) is 6.92 Å². The van der Waals surface area contributed by atoms with Crippen molar-refractivity contribution in [2.24, 2.45) is 0 Å². The van der Waals surface area contributed by atoms with Crippen molar-refractivity contribution < 1.29 is 23.5 Å². The van der Waals surface area contributed by atoms with E-state index in [1.807, 2.05) is 13.0 Å². The average Bonchev–Trinajstić information content (AvgIpc) is 2.77. The van der Waals surface area contributed by atoms with Gasteiger partial charge >= 0.3 is 6.16 Å². The zero-order chi connectivity index (χ0) is 23.8. The second-order valence-corrected chi connectivity index (χ2v) is 8.15. The van der Waals surface area contributed by atoms with Gasteiger partial charge in [-0.3, -0.25) is 0 Å². The Morgan fingerprint density at radius 3 is 2.70 bits per heavy atom. The number of nitrogens with zero attached hydrogens (tertiary/aromatic N) is 3. The van der Waals surface area contributed by atoms with Gasteiger partial charge in [0.1, 0.15) is 24.1 Å². The SMILES string of the molecule is CCCNc1ccc(Nc2ncnc(OC3CCN(OC(=O)OC(C)C)CC3)c2C)c(F)c1. The Morgan fingerprint density at radius 1 is 1.27 bits per heavy atom. The Morgan fingerprint density at radius 2 is 2.03 bits per heavy atom. The zero-order valence-electron chi connectivity index (χ0n) is 19.6. The molecule has 1 aliphatic rings. The number of benzene rings is 1. The van der Waals surface area contributed by atoms with Crippen LogP contribution in [0.2, 0.25) is 0 Å². The first-order valence-electron chi connectivity index (χ1n) is 11.3. The highest BCUT2D eigenvalue weighted by Gasteiger charge is 2.25. The molecule has 0 radical (unpaired) electrons. The molecule has 0 atom stereocenters. The third kappa shape index (κ3) is 7.18. The van der Waals surface area contributed by atoms with Crippen LogP contribution in [0.4, 0.5) is 26.4 Å². The van der Waals surface area contributed by atoms with Crippen LogP contribution in [0.5, 0.6) is 5.88 Å². The molecule has 0 aliphatic carbocycles. The van der Waals surface area contributed by atoms with Crippen LogP contribution in [0.15, 0.2) is 24.5 Å². The standard InChI is InChI=1S/C23H32FN5O4/c1-5-10-25-17-6-7-20(19(24)13-17)28-21-16(4)22(27-14-26-21)32-18-8-11-29(12-9-18)33-23(30)31-15(2)3/h6-7,13-15,18,25H,5,8-12H2,1-4H3,(H,26,27,28). The smallest absolute Gasteiger partial charge is 0.474 e. The zero-order valence-corrected chi connectivity index (χ0v) is 19.6. The summed E-state index contributed by atoms with van der Waals surface area (Å²) in [5, 5.41) is 7.77. The molecular formula is C23H32FN5O4. The van der Waals surface area contributed by atoms with Crippen LogP contribution in [0, 0.1) is 12.7 Å². The lowest BCUT2D eigenvalue weighted by atomic mass is 10.1. The summed E-state index contributed by atoms with van der Waals surface area (Å²) in [6.45, 7) is 9.24. The molecule has 1 aliphatic heterocycles. The highest BCUT2D eigenvalue weighted by molar-refractivity contribution is 5.64. The van der Waals surface area contributed by atoms with Gasteiger partial charge < -0.3 is 24.9 Å². The van der Waals surface area contributed by atoms with Crippen LogP contribution in [0.25, 0.3) is 0 Å². The Kier molecular flexibility index (Phi) is 8.65. The summed E-state index contributed by atoms with van der Waals surface area (Å²) in [5.41, 5.74) is 1.74. The van der Waals surface area contributed by atoms with E-state index < -0.39 is 6.16 Å². The second kappa shape index (κ2) is 11.6. The van der Waals surface area contributed by atoms with E-state index in [1.54, 1.807) is 25.0 Å². The normalized spacial score (nSPS) is 14.7. The number of carbonyl (C=O) groups is 1. The number of hydrogen-bond acceptors (Lipinski definition) is 9. The van der Waals surface area contributed by atoms with E-state index in [0.29, 0.717) is 48.9 Å². The monoisotopic (exact) mass is 461 g/mol. The number of rotatable bonds is 9. The molecule has 33 heavy (non-hydrogen) atoms. The van der Waals surface area contributed by atoms with Crippen molar-refractivity contribution in [1.82, 2.24) is 15.0 Å². The molecule has 1 aromatic heterocycles. The number of nitrogens with one attached hydrogen (secondary N) is 2. The molecule has 3 rings (SSSR count). The molecule has 1 aromatic carbocycles. The van der Waals surface area contributed by atoms with E-state index in [0.717, 1.165) is 18.7 Å². The minimum Gasteiger partial charge on any atom is -0.474 e. The van der Waals surface area contributed by atoms with Crippen molar-refractivity contribution in [3.8, 4) is 5.88 Å². The van der Waals surface area contributed by atoms with Crippen LogP contribution >= 0.6 is 0 Å². The van der Waals surface area contributed by atoms with Crippen molar-refractivity contribution in [2.45, 2.75) is 59.2 Å². The highest BCUT2D eigenvalue weighted by Crippen LogP contribution is 2.28. The molecule has 1 saturated heterocycles. The summed E-state index contributed by atoms with van der Waals surface area (Å²) >= 11 is 0. The fraction of sp³-hybridized carbons (Fsp3) is 0.522. The molecular weight excluding hydrogens is 429 g/mol. The first-order valence-corrected chi connectivity index (χ1v) is 11.3. The van der Waals surface area contributed by atoms with E-state index in [1.165, 1.54) is 12.4 Å². The maximum Gasteiger partial charge on any atom is 0.528 e. The van der Waals surface area contributed by atoms with Crippen molar-refractivity contribution in [3.63, 3.8) is 0 Å². The number of ether oxygens (including phenoxy) is 2. The minimum atomic E-state index is -0.701. The maximum absolute atomic E-state index is 14.5. The highest BCUT2D eigenvalue weighted by atomic mass is 19.1. The number of hydrogen-bond donors (Lipinski definition) is 2. The van der Waals surface area contributed by atoms with E-state index >= 15 is 0 Å². The van der Waals surface area contributed by atoms with E-state index in [2.05, 4.69) is 27.5 Å². The van der Waals surface area contributed by atoms with Gasteiger partial charge in [0, 0.05) is 38.2 Å². The molecule has 0 bridgehead atoms. The van der Waals surface area contributed by atoms with Gasteiger partial charge in [-0.05, 0) is 45.4 Å². The lowest BCUT2D eigenvalue weighted by molar-refractivity contribution is -0.151. The summed E-state index contributed by atoms with van der Waals surface area (Å²) in [4.78, 5) is 25.3. The predicted octanol–water partition coefficient (Wildman–Crippen LogP) is 4.81. The Hall–Kier alpha value is -3.14. The van der Waals surface area contributed by atoms with Gasteiger partial charge in [-0.2, -0.15) is 0 Å². The van der Waals surface area contributed by atoms with Crippen LogP contribution < -0.4 is 15.4 Å². The first kappa shape index (κ1) is 24.5. The summed E-state index contributed by atoms with van der Waals surface area (Å²) in [7, 11) is 0. The van der Waals surface area contributed by atoms with Gasteiger partial charge in [-0.25, -0.2) is 19.2 Å². The minimum absolute atomic E-state index is 0.0897. The molecule has 1 fully saturated rings. The molecule has 2 N–H and O–H groups in total. The Bertz CT molecular complexity index is 935. The van der Waals surface area contributed by atoms with Crippen molar-refractivity contribution >= 4 is 23.3 Å². The third-order valence-corrected chi connectivity index (χ3v) is 5.05. The van der Waals surface area contributed by atoms with E-state index in [4.69, 9.17) is 14.3 Å². The van der Waals surface area contributed by atoms with Crippen molar-refractivity contribution in [1.29, 1.82) is 0 Å². The number of anilines is 3. The van der Waals surface area contributed by atoms with Crippen LogP contribution in [0.3, 0.4) is 0 Å². The van der Waals surface area contributed by atoms with Gasteiger partial charge in [0.15, 0.2) is 0 Å². The van der Waals surface area contributed by atoms with E-state index in [-0.39, 0.29) is 18.0 Å². The number of hydroxylamine groups is 2. The van der Waals surface area contributed by atoms with Crippen molar-refractivity contribution in [3.05, 3.63) is 35.9 Å². The summed E-state index contributed by atoms with van der Waals surface area (Å²) in [6, 6.07) is 4.95. The lowest BCUT2D eigenvalue weighted by Gasteiger charge is -2.30. The largest absolute Gasteiger partial charge is 0.528 e. The third-order valence-electron chi connectivity index (χ3n) is 5.05. The fourth-order valence-electron chi connectivity index (χ4n) is 3.32. The Labute approximate surface area is 193 Å². The molecule has 0 amide bonds. The molecule has 0 saturated carbocycles. The van der Waals surface area contributed by atoms with Crippen LogP contribution in [0.1, 0.15) is 45.6 Å². The topological polar surface area (TPSA) is 97.8 Å². The summed E-state index contributed by atoms with van der Waals surface area (Å²) in [5.74, 6) is 0.540. The van der Waals surface area contributed by atoms with Crippen LogP contribution in [-0.4, -0.2) is 53.0 Å². The second-order valence-electron chi connectivity index (χ2n) is 8.15. The average molecular weight is 462 g/mol. The quantitative estimate of drug-likeness (QED) is 0.510. The number of halogens is 1. The molecule has 0 spiro atoms. The van der Waals surface area contributed by atoms with Gasteiger partial charge in [0.25, 0.3) is 0 Å².